The minimum atomic E-state index is -1.49. The van der Waals surface area contributed by atoms with Gasteiger partial charge < -0.3 is 4.74 Å². The molecule has 0 amide bonds. The molecule has 1 aromatic carbocycles. The van der Waals surface area contributed by atoms with Crippen molar-refractivity contribution in [2.24, 2.45) is 0 Å². The van der Waals surface area contributed by atoms with Gasteiger partial charge in [-0.1, -0.05) is 12.2 Å². The van der Waals surface area contributed by atoms with Crippen LogP contribution >= 0.6 is 8.25 Å². The Morgan fingerprint density at radius 2 is 1.80 bits per heavy atom. The molecule has 0 radical (unpaired) electrons. The summed E-state index contributed by atoms with van der Waals surface area (Å²) < 4.78 is 5.92. The van der Waals surface area contributed by atoms with Gasteiger partial charge in [-0.15, -0.1) is 13.2 Å². The minimum absolute atomic E-state index is 0.141. The van der Waals surface area contributed by atoms with Crippen molar-refractivity contribution in [1.82, 2.24) is 0 Å². The van der Waals surface area contributed by atoms with Gasteiger partial charge in [0.1, 0.15) is 0 Å². The number of rotatable bonds is 5. The predicted octanol–water partition coefficient (Wildman–Crippen LogP) is 3.93. The fourth-order valence-corrected chi connectivity index (χ4v) is 5.42. The van der Waals surface area contributed by atoms with Crippen LogP contribution in [-0.2, 0) is 33.5 Å². The van der Waals surface area contributed by atoms with Gasteiger partial charge >= 0.3 is 95.5 Å². The molecule has 0 aliphatic heterocycles. The van der Waals surface area contributed by atoms with Gasteiger partial charge in [-0.05, 0) is 0 Å². The Kier molecular flexibility index (Phi) is 10.3. The molecule has 108 valence electrons. The number of hydrogen-bond donors (Lipinski definition) is 1. The molecule has 0 unspecified atom stereocenters. The van der Waals surface area contributed by atoms with E-state index in [-0.39, 0.29) is 5.41 Å². The van der Waals surface area contributed by atoms with E-state index < -0.39 is 23.3 Å². The van der Waals surface area contributed by atoms with Crippen LogP contribution in [0.15, 0.2) is 43.5 Å². The first-order chi connectivity index (χ1) is 9.36. The topological polar surface area (TPSA) is 29.5 Å². The van der Waals surface area contributed by atoms with Crippen LogP contribution < -0.4 is 3.07 Å². The van der Waals surface area contributed by atoms with E-state index in [1.165, 1.54) is 5.56 Å². The Bertz CT molecular complexity index is 417. The fraction of sp³-hybridized carbons (Fsp3) is 0.375. The molecular formula is C16H23ClHgO2. The molecular weight excluding hydrogens is 460 g/mol. The third kappa shape index (κ3) is 8.08. The number of hydrogen-bond acceptors (Lipinski definition) is 2. The summed E-state index contributed by atoms with van der Waals surface area (Å²) in [5, 5.41) is 9.47. The Balaban J connectivity index is 0.000000441. The predicted molar refractivity (Wildman–Crippen MR) is 83.5 cm³/mol. The van der Waals surface area contributed by atoms with E-state index in [1.807, 2.05) is 6.07 Å². The van der Waals surface area contributed by atoms with Crippen LogP contribution in [0.3, 0.4) is 0 Å². The standard InChI is InChI=1S/C10H13O.C6H10O.ClH.Hg/c1-10(2,3)8-4-6-9(11)7-5-8;1-3-5-7-6-4-2;;/h4-6,11H,1-3H3;3-4H,1-2,5-6H2;1H;/q;;;+1/p-1. The molecule has 0 fully saturated rings. The summed E-state index contributed by atoms with van der Waals surface area (Å²) >= 11 is -1.49. The van der Waals surface area contributed by atoms with E-state index in [2.05, 4.69) is 40.0 Å². The molecule has 0 aromatic heterocycles. The second kappa shape index (κ2) is 10.4. The fourth-order valence-electron chi connectivity index (χ4n) is 1.39. The molecule has 2 nitrogen and oxygen atoms in total. The number of ether oxygens (including phenoxy) is 1. The third-order valence-corrected chi connectivity index (χ3v) is 8.41. The first-order valence-corrected chi connectivity index (χ1v) is 16.1. The molecule has 1 rings (SSSR count). The molecule has 0 spiro atoms. The second-order valence-electron chi connectivity index (χ2n) is 5.34. The molecule has 0 aliphatic rings. The van der Waals surface area contributed by atoms with Crippen LogP contribution in [0.5, 0.6) is 5.75 Å². The summed E-state index contributed by atoms with van der Waals surface area (Å²) in [4.78, 5) is 0. The number of benzene rings is 1. The first-order valence-electron chi connectivity index (χ1n) is 6.54. The van der Waals surface area contributed by atoms with Crippen molar-refractivity contribution < 1.29 is 33.2 Å². The average Bonchev–Trinajstić information content (AvgIpc) is 2.39. The summed E-state index contributed by atoms with van der Waals surface area (Å²) in [6.45, 7) is 14.7. The Morgan fingerprint density at radius 1 is 1.25 bits per heavy atom. The van der Waals surface area contributed by atoms with Crippen molar-refractivity contribution in [2.75, 3.05) is 13.2 Å². The van der Waals surface area contributed by atoms with Gasteiger partial charge in [-0.2, -0.15) is 0 Å². The summed E-state index contributed by atoms with van der Waals surface area (Å²) in [7, 11) is 5.92. The molecule has 0 heterocycles. The number of phenolic OH excluding ortho intramolecular Hbond substituents is 1. The number of halogens is 1. The van der Waals surface area contributed by atoms with Gasteiger partial charge in [-0.25, -0.2) is 0 Å². The Labute approximate surface area is 138 Å². The van der Waals surface area contributed by atoms with E-state index >= 15 is 0 Å². The van der Waals surface area contributed by atoms with E-state index in [0.717, 1.165) is 3.07 Å². The monoisotopic (exact) mass is 484 g/mol. The zero-order chi connectivity index (χ0) is 15.6. The Hall–Kier alpha value is -0.315. The van der Waals surface area contributed by atoms with Crippen molar-refractivity contribution >= 4 is 11.3 Å². The van der Waals surface area contributed by atoms with Gasteiger partial charge in [0, 0.05) is 0 Å². The first kappa shape index (κ1) is 19.7. The van der Waals surface area contributed by atoms with Crippen molar-refractivity contribution in [3.8, 4) is 5.75 Å². The molecule has 0 bridgehead atoms. The van der Waals surface area contributed by atoms with E-state index in [4.69, 9.17) is 13.0 Å². The second-order valence-corrected chi connectivity index (χ2v) is 11.7. The molecule has 1 aromatic rings. The van der Waals surface area contributed by atoms with Crippen molar-refractivity contribution in [1.29, 1.82) is 0 Å². The molecule has 1 N–H and O–H groups in total. The summed E-state index contributed by atoms with van der Waals surface area (Å²) in [5.74, 6) is 0.379. The zero-order valence-electron chi connectivity index (χ0n) is 12.7. The summed E-state index contributed by atoms with van der Waals surface area (Å²) in [5.41, 5.74) is 1.39. The van der Waals surface area contributed by atoms with Gasteiger partial charge in [-0.3, -0.25) is 0 Å². The average molecular weight is 483 g/mol. The van der Waals surface area contributed by atoms with Gasteiger partial charge in [0.05, 0.1) is 13.2 Å². The van der Waals surface area contributed by atoms with Gasteiger partial charge in [0.25, 0.3) is 0 Å². The van der Waals surface area contributed by atoms with Crippen molar-refractivity contribution in [2.45, 2.75) is 26.2 Å². The number of aromatic hydroxyl groups is 1. The third-order valence-electron chi connectivity index (χ3n) is 2.56. The molecule has 20 heavy (non-hydrogen) atoms. The zero-order valence-corrected chi connectivity index (χ0v) is 18.9. The SMILES string of the molecule is C=CCOCC=C.CC(C)(C)c1ccc(O)[c]([Hg][Cl])c1. The van der Waals surface area contributed by atoms with E-state index in [1.54, 1.807) is 18.2 Å². The van der Waals surface area contributed by atoms with Crippen LogP contribution in [0, 0.1) is 0 Å². The molecule has 4 heteroatoms. The van der Waals surface area contributed by atoms with Crippen molar-refractivity contribution in [3.05, 3.63) is 49.1 Å². The van der Waals surface area contributed by atoms with Crippen LogP contribution in [0.4, 0.5) is 0 Å². The quantitative estimate of drug-likeness (QED) is 0.391. The van der Waals surface area contributed by atoms with Crippen molar-refractivity contribution in [3.63, 3.8) is 0 Å². The molecule has 0 saturated carbocycles. The summed E-state index contributed by atoms with van der Waals surface area (Å²) in [6, 6.07) is 5.79. The van der Waals surface area contributed by atoms with E-state index in [0.29, 0.717) is 19.0 Å². The van der Waals surface area contributed by atoms with Crippen LogP contribution in [0.2, 0.25) is 0 Å². The normalized spacial score (nSPS) is 10.0. The Morgan fingerprint density at radius 3 is 2.20 bits per heavy atom. The number of phenols is 1. The van der Waals surface area contributed by atoms with Crippen LogP contribution in [0.25, 0.3) is 0 Å². The molecule has 0 saturated heterocycles. The van der Waals surface area contributed by atoms with Crippen LogP contribution in [-0.4, -0.2) is 18.3 Å². The van der Waals surface area contributed by atoms with E-state index in [9.17, 15) is 5.11 Å². The van der Waals surface area contributed by atoms with Crippen LogP contribution in [0.1, 0.15) is 26.3 Å². The van der Waals surface area contributed by atoms with Gasteiger partial charge in [0.2, 0.25) is 0 Å². The maximum atomic E-state index is 9.47. The molecule has 0 aliphatic carbocycles. The molecule has 0 atom stereocenters. The summed E-state index contributed by atoms with van der Waals surface area (Å²) in [6.07, 6.45) is 3.42. The van der Waals surface area contributed by atoms with Gasteiger partial charge in [0.15, 0.2) is 0 Å². The maximum absolute atomic E-state index is 9.47.